The standard InChI is InChI=1S/C15H20N2O2/c1-15(2)13-6-3-11(16-14(18)19)9-10(13)7-8-17(15)12-4-5-12/h3,6,9,12,16H,4-5,7-8H2,1-2H3,(H,18,19). The van der Waals surface area contributed by atoms with E-state index in [-0.39, 0.29) is 5.54 Å². The normalized spacial score (nSPS) is 21.8. The molecule has 0 atom stereocenters. The maximum atomic E-state index is 10.7. The maximum Gasteiger partial charge on any atom is 0.409 e. The topological polar surface area (TPSA) is 52.6 Å². The summed E-state index contributed by atoms with van der Waals surface area (Å²) in [7, 11) is 0. The summed E-state index contributed by atoms with van der Waals surface area (Å²) in [5, 5.41) is 11.2. The van der Waals surface area contributed by atoms with Crippen molar-refractivity contribution in [1.29, 1.82) is 0 Å². The van der Waals surface area contributed by atoms with E-state index in [1.807, 2.05) is 12.1 Å². The fourth-order valence-corrected chi connectivity index (χ4v) is 3.30. The largest absolute Gasteiger partial charge is 0.465 e. The minimum absolute atomic E-state index is 0.0521. The van der Waals surface area contributed by atoms with Gasteiger partial charge in [0.15, 0.2) is 0 Å². The van der Waals surface area contributed by atoms with Crippen molar-refractivity contribution in [1.82, 2.24) is 4.90 Å². The molecule has 4 nitrogen and oxygen atoms in total. The van der Waals surface area contributed by atoms with Crippen LogP contribution >= 0.6 is 0 Å². The molecule has 1 aliphatic carbocycles. The molecule has 0 aromatic heterocycles. The van der Waals surface area contributed by atoms with Gasteiger partial charge in [-0.25, -0.2) is 4.79 Å². The SMILES string of the molecule is CC1(C)c2ccc(NC(=O)O)cc2CCN1C1CC1. The average molecular weight is 260 g/mol. The molecule has 2 aliphatic rings. The van der Waals surface area contributed by atoms with Crippen LogP contribution in [0.1, 0.15) is 37.8 Å². The molecular weight excluding hydrogens is 240 g/mol. The Bertz CT molecular complexity index is 521. The van der Waals surface area contributed by atoms with Gasteiger partial charge in [-0.2, -0.15) is 0 Å². The van der Waals surface area contributed by atoms with Crippen molar-refractivity contribution in [2.24, 2.45) is 0 Å². The van der Waals surface area contributed by atoms with Crippen LogP contribution in [-0.2, 0) is 12.0 Å². The number of hydrogen-bond donors (Lipinski definition) is 2. The van der Waals surface area contributed by atoms with E-state index in [1.54, 1.807) is 0 Å². The van der Waals surface area contributed by atoms with Crippen LogP contribution in [0, 0.1) is 0 Å². The average Bonchev–Trinajstić information content (AvgIpc) is 3.11. The van der Waals surface area contributed by atoms with Gasteiger partial charge in [0.25, 0.3) is 0 Å². The Labute approximate surface area is 113 Å². The van der Waals surface area contributed by atoms with Gasteiger partial charge in [-0.05, 0) is 56.4 Å². The minimum Gasteiger partial charge on any atom is -0.465 e. The molecule has 1 fully saturated rings. The van der Waals surface area contributed by atoms with E-state index in [1.165, 1.54) is 24.0 Å². The highest BCUT2D eigenvalue weighted by Crippen LogP contribution is 2.42. The van der Waals surface area contributed by atoms with Gasteiger partial charge in [0.05, 0.1) is 0 Å². The lowest BCUT2D eigenvalue weighted by atomic mass is 9.83. The quantitative estimate of drug-likeness (QED) is 0.859. The van der Waals surface area contributed by atoms with Gasteiger partial charge < -0.3 is 5.11 Å². The highest BCUT2D eigenvalue weighted by molar-refractivity contribution is 5.83. The van der Waals surface area contributed by atoms with Gasteiger partial charge in [0.2, 0.25) is 0 Å². The lowest BCUT2D eigenvalue weighted by Gasteiger charge is -2.44. The van der Waals surface area contributed by atoms with E-state index in [9.17, 15) is 4.79 Å². The Balaban J connectivity index is 1.93. The number of carbonyl (C=O) groups is 1. The summed E-state index contributed by atoms with van der Waals surface area (Å²) < 4.78 is 0. The Hall–Kier alpha value is -1.55. The molecule has 1 heterocycles. The monoisotopic (exact) mass is 260 g/mol. The summed E-state index contributed by atoms with van der Waals surface area (Å²) in [6.07, 6.45) is 2.63. The number of carboxylic acid groups (broad SMARTS) is 1. The van der Waals surface area contributed by atoms with Gasteiger partial charge in [0.1, 0.15) is 0 Å². The molecule has 3 rings (SSSR count). The fourth-order valence-electron chi connectivity index (χ4n) is 3.30. The van der Waals surface area contributed by atoms with E-state index in [2.05, 4.69) is 30.1 Å². The summed E-state index contributed by atoms with van der Waals surface area (Å²) >= 11 is 0. The van der Waals surface area contributed by atoms with Gasteiger partial charge in [-0.1, -0.05) is 6.07 Å². The predicted octanol–water partition coefficient (Wildman–Crippen LogP) is 3.03. The Kier molecular flexibility index (Phi) is 2.78. The minimum atomic E-state index is -1.00. The molecule has 1 aromatic rings. The first-order chi connectivity index (χ1) is 8.98. The van der Waals surface area contributed by atoms with Crippen molar-refractivity contribution in [3.05, 3.63) is 29.3 Å². The van der Waals surface area contributed by atoms with Crippen molar-refractivity contribution < 1.29 is 9.90 Å². The van der Waals surface area contributed by atoms with E-state index in [0.29, 0.717) is 5.69 Å². The second kappa shape index (κ2) is 4.23. The first kappa shape index (κ1) is 12.5. The molecule has 0 saturated heterocycles. The van der Waals surface area contributed by atoms with Crippen LogP contribution in [0.3, 0.4) is 0 Å². The number of anilines is 1. The lowest BCUT2D eigenvalue weighted by molar-refractivity contribution is 0.0976. The Morgan fingerprint density at radius 3 is 2.79 bits per heavy atom. The van der Waals surface area contributed by atoms with Gasteiger partial charge in [-0.3, -0.25) is 10.2 Å². The van der Waals surface area contributed by atoms with Gasteiger partial charge in [-0.15, -0.1) is 0 Å². The molecule has 2 N–H and O–H groups in total. The van der Waals surface area contributed by atoms with E-state index in [0.717, 1.165) is 19.0 Å². The van der Waals surface area contributed by atoms with Crippen molar-refractivity contribution in [3.63, 3.8) is 0 Å². The fraction of sp³-hybridized carbons (Fsp3) is 0.533. The van der Waals surface area contributed by atoms with Gasteiger partial charge >= 0.3 is 6.09 Å². The third-order valence-electron chi connectivity index (χ3n) is 4.34. The molecule has 1 amide bonds. The summed E-state index contributed by atoms with van der Waals surface area (Å²) in [5.41, 5.74) is 3.33. The third kappa shape index (κ3) is 2.21. The zero-order valence-corrected chi connectivity index (χ0v) is 11.4. The third-order valence-corrected chi connectivity index (χ3v) is 4.34. The first-order valence-corrected chi connectivity index (χ1v) is 6.88. The van der Waals surface area contributed by atoms with Crippen LogP contribution in [0.25, 0.3) is 0 Å². The lowest BCUT2D eigenvalue weighted by Crippen LogP contribution is -2.47. The van der Waals surface area contributed by atoms with Crippen LogP contribution in [0.15, 0.2) is 18.2 Å². The number of amides is 1. The molecular formula is C15H20N2O2. The number of rotatable bonds is 2. The number of nitrogens with one attached hydrogen (secondary N) is 1. The number of nitrogens with zero attached hydrogens (tertiary/aromatic N) is 1. The molecule has 102 valence electrons. The summed E-state index contributed by atoms with van der Waals surface area (Å²) in [5.74, 6) is 0. The molecule has 1 saturated carbocycles. The number of hydrogen-bond acceptors (Lipinski definition) is 2. The molecule has 19 heavy (non-hydrogen) atoms. The van der Waals surface area contributed by atoms with Crippen molar-refractivity contribution in [3.8, 4) is 0 Å². The molecule has 0 radical (unpaired) electrons. The Morgan fingerprint density at radius 1 is 1.42 bits per heavy atom. The zero-order chi connectivity index (χ0) is 13.6. The molecule has 4 heteroatoms. The highest BCUT2D eigenvalue weighted by Gasteiger charge is 2.42. The van der Waals surface area contributed by atoms with Crippen LogP contribution in [0.2, 0.25) is 0 Å². The second-order valence-corrected chi connectivity index (χ2v) is 6.04. The number of fused-ring (bicyclic) bond motifs is 1. The van der Waals surface area contributed by atoms with Crippen molar-refractivity contribution in [2.75, 3.05) is 11.9 Å². The maximum absolute atomic E-state index is 10.7. The summed E-state index contributed by atoms with van der Waals surface area (Å²) in [6.45, 7) is 5.61. The first-order valence-electron chi connectivity index (χ1n) is 6.88. The predicted molar refractivity (Wildman–Crippen MR) is 74.5 cm³/mol. The number of benzene rings is 1. The molecule has 0 unspecified atom stereocenters. The second-order valence-electron chi connectivity index (χ2n) is 6.04. The highest BCUT2D eigenvalue weighted by atomic mass is 16.4. The molecule has 1 aliphatic heterocycles. The zero-order valence-electron chi connectivity index (χ0n) is 11.4. The molecule has 0 bridgehead atoms. The summed E-state index contributed by atoms with van der Waals surface area (Å²) in [6, 6.07) is 6.68. The van der Waals surface area contributed by atoms with Crippen molar-refractivity contribution in [2.45, 2.75) is 44.7 Å². The van der Waals surface area contributed by atoms with E-state index in [4.69, 9.17) is 5.11 Å². The van der Waals surface area contributed by atoms with Crippen molar-refractivity contribution >= 4 is 11.8 Å². The Morgan fingerprint density at radius 2 is 2.16 bits per heavy atom. The van der Waals surface area contributed by atoms with Gasteiger partial charge in [0, 0.05) is 23.8 Å². The molecule has 0 spiro atoms. The van der Waals surface area contributed by atoms with Crippen LogP contribution in [-0.4, -0.2) is 28.7 Å². The van der Waals surface area contributed by atoms with E-state index < -0.39 is 6.09 Å². The van der Waals surface area contributed by atoms with Crippen LogP contribution < -0.4 is 5.32 Å². The van der Waals surface area contributed by atoms with Crippen LogP contribution in [0.4, 0.5) is 10.5 Å². The van der Waals surface area contributed by atoms with Crippen LogP contribution in [0.5, 0.6) is 0 Å². The smallest absolute Gasteiger partial charge is 0.409 e. The molecule has 1 aromatic carbocycles. The van der Waals surface area contributed by atoms with E-state index >= 15 is 0 Å². The summed E-state index contributed by atoms with van der Waals surface area (Å²) in [4.78, 5) is 13.3.